The lowest BCUT2D eigenvalue weighted by Crippen LogP contribution is -2.38. The Balaban J connectivity index is 1.87. The van der Waals surface area contributed by atoms with Crippen molar-refractivity contribution in [3.63, 3.8) is 0 Å². The molecule has 0 aliphatic heterocycles. The molecule has 0 aliphatic carbocycles. The highest BCUT2D eigenvalue weighted by molar-refractivity contribution is 7.13. The number of aromatic nitrogens is 1. The van der Waals surface area contributed by atoms with Gasteiger partial charge in [0.1, 0.15) is 21.4 Å². The maximum atomic E-state index is 12.0. The lowest BCUT2D eigenvalue weighted by atomic mass is 10.3. The molecule has 0 radical (unpaired) electrons. The second-order valence-electron chi connectivity index (χ2n) is 6.69. The fourth-order valence-corrected chi connectivity index (χ4v) is 3.66. The highest BCUT2D eigenvalue weighted by Crippen LogP contribution is 2.24. The van der Waals surface area contributed by atoms with E-state index in [-0.39, 0.29) is 12.0 Å². The number of nitrogens with one attached hydrogen (secondary N) is 2. The molecule has 0 fully saturated rings. The molecule has 170 valence electrons. The number of methoxy groups -OCH3 is 1. The Morgan fingerprint density at radius 2 is 1.94 bits per heavy atom. The summed E-state index contributed by atoms with van der Waals surface area (Å²) in [4.78, 5) is 21.7. The molecule has 1 aromatic carbocycles. The van der Waals surface area contributed by atoms with Crippen molar-refractivity contribution in [2.24, 2.45) is 4.99 Å². The van der Waals surface area contributed by atoms with E-state index in [0.29, 0.717) is 36.3 Å². The van der Waals surface area contributed by atoms with Gasteiger partial charge in [-0.15, -0.1) is 11.3 Å². The number of aliphatic imine (C=N–C) groups is 1. The third kappa shape index (κ3) is 7.75. The van der Waals surface area contributed by atoms with Gasteiger partial charge < -0.3 is 24.8 Å². The van der Waals surface area contributed by atoms with Crippen molar-refractivity contribution < 1.29 is 19.0 Å². The first-order chi connectivity index (χ1) is 15.0. The van der Waals surface area contributed by atoms with Crippen LogP contribution in [0.3, 0.4) is 0 Å². The van der Waals surface area contributed by atoms with Crippen LogP contribution in [0, 0.1) is 6.92 Å². The number of hydrogen-bond acceptors (Lipinski definition) is 7. The summed E-state index contributed by atoms with van der Waals surface area (Å²) < 4.78 is 16.0. The summed E-state index contributed by atoms with van der Waals surface area (Å²) in [6, 6.07) is 7.41. The van der Waals surface area contributed by atoms with Gasteiger partial charge >= 0.3 is 5.97 Å². The Kier molecular flexibility index (Phi) is 10.1. The van der Waals surface area contributed by atoms with Crippen molar-refractivity contribution >= 4 is 23.3 Å². The Bertz CT molecular complexity index is 852. The number of ether oxygens (including phenoxy) is 3. The quantitative estimate of drug-likeness (QED) is 0.234. The number of thiazole rings is 1. The van der Waals surface area contributed by atoms with Gasteiger partial charge in [0.2, 0.25) is 0 Å². The van der Waals surface area contributed by atoms with Gasteiger partial charge in [0.15, 0.2) is 5.96 Å². The minimum Gasteiger partial charge on any atom is -0.497 e. The third-order valence-corrected chi connectivity index (χ3v) is 5.56. The maximum Gasteiger partial charge on any atom is 0.350 e. The Labute approximate surface area is 188 Å². The zero-order chi connectivity index (χ0) is 22.6. The predicted octanol–water partition coefficient (Wildman–Crippen LogP) is 3.72. The molecular formula is C22H32N4O4S. The fourth-order valence-electron chi connectivity index (χ4n) is 2.69. The van der Waals surface area contributed by atoms with Crippen molar-refractivity contribution in [1.82, 2.24) is 15.6 Å². The number of aryl methyl sites for hydroxylation is 1. The minimum atomic E-state index is -0.326. The number of carbonyl (C=O) groups excluding carboxylic acids is 1. The van der Waals surface area contributed by atoms with Crippen LogP contribution < -0.4 is 20.1 Å². The van der Waals surface area contributed by atoms with E-state index < -0.39 is 0 Å². The maximum absolute atomic E-state index is 12.0. The molecule has 1 heterocycles. The first-order valence-electron chi connectivity index (χ1n) is 10.4. The summed E-state index contributed by atoms with van der Waals surface area (Å²) in [5, 5.41) is 7.40. The summed E-state index contributed by atoms with van der Waals surface area (Å²) in [7, 11) is 1.64. The van der Waals surface area contributed by atoms with Crippen molar-refractivity contribution in [1.29, 1.82) is 0 Å². The molecule has 1 aromatic heterocycles. The monoisotopic (exact) mass is 448 g/mol. The van der Waals surface area contributed by atoms with Gasteiger partial charge in [-0.1, -0.05) is 0 Å². The molecule has 8 nitrogen and oxygen atoms in total. The zero-order valence-corrected chi connectivity index (χ0v) is 19.7. The number of hydrogen-bond donors (Lipinski definition) is 2. The van der Waals surface area contributed by atoms with Gasteiger partial charge in [-0.05, 0) is 52.0 Å². The minimum absolute atomic E-state index is 0.0970. The van der Waals surface area contributed by atoms with Gasteiger partial charge in [0.25, 0.3) is 0 Å². The summed E-state index contributed by atoms with van der Waals surface area (Å²) in [5.41, 5.74) is 0.685. The highest BCUT2D eigenvalue weighted by atomic mass is 32.1. The van der Waals surface area contributed by atoms with Crippen LogP contribution in [0.25, 0.3) is 0 Å². The molecular weight excluding hydrogens is 416 g/mol. The van der Waals surface area contributed by atoms with Crippen LogP contribution >= 0.6 is 11.3 Å². The van der Waals surface area contributed by atoms with Gasteiger partial charge in [-0.25, -0.2) is 9.78 Å². The molecule has 0 saturated heterocycles. The lowest BCUT2D eigenvalue weighted by Gasteiger charge is -2.16. The SMILES string of the molecule is CCNC(=NCCCOc1ccc(OC)cc1)NC(C)c1nc(C)c(C(=O)OCC)s1. The van der Waals surface area contributed by atoms with Crippen molar-refractivity contribution in [3.8, 4) is 11.5 Å². The van der Waals surface area contributed by atoms with Gasteiger partial charge in [-0.3, -0.25) is 4.99 Å². The van der Waals surface area contributed by atoms with E-state index in [1.165, 1.54) is 11.3 Å². The zero-order valence-electron chi connectivity index (χ0n) is 18.9. The van der Waals surface area contributed by atoms with E-state index in [0.717, 1.165) is 29.5 Å². The molecule has 0 aliphatic rings. The van der Waals surface area contributed by atoms with Gasteiger partial charge in [0, 0.05) is 19.5 Å². The first-order valence-corrected chi connectivity index (χ1v) is 11.3. The molecule has 1 atom stereocenters. The van der Waals surface area contributed by atoms with Crippen LogP contribution in [0.15, 0.2) is 29.3 Å². The largest absolute Gasteiger partial charge is 0.497 e. The van der Waals surface area contributed by atoms with E-state index in [9.17, 15) is 4.79 Å². The van der Waals surface area contributed by atoms with Crippen LogP contribution in [0.1, 0.15) is 53.6 Å². The molecule has 31 heavy (non-hydrogen) atoms. The van der Waals surface area contributed by atoms with Gasteiger partial charge in [0.05, 0.1) is 32.1 Å². The summed E-state index contributed by atoms with van der Waals surface area (Å²) in [6.45, 7) is 9.89. The summed E-state index contributed by atoms with van der Waals surface area (Å²) >= 11 is 1.35. The molecule has 2 rings (SSSR count). The number of guanidine groups is 1. The smallest absolute Gasteiger partial charge is 0.350 e. The van der Waals surface area contributed by atoms with Crippen molar-refractivity contribution in [3.05, 3.63) is 39.8 Å². The standard InChI is InChI=1S/C22H32N4O4S/c1-6-23-22(24-13-8-14-30-18-11-9-17(28-5)10-12-18)26-16(4)20-25-15(3)19(31-20)21(27)29-7-2/h9-12,16H,6-8,13-14H2,1-5H3,(H2,23,24,26). The molecule has 2 N–H and O–H groups in total. The molecule has 1 unspecified atom stereocenters. The topological polar surface area (TPSA) is 94.1 Å². The average Bonchev–Trinajstić information content (AvgIpc) is 3.16. The molecule has 0 amide bonds. The number of rotatable bonds is 11. The molecule has 2 aromatic rings. The molecule has 0 bridgehead atoms. The Morgan fingerprint density at radius 3 is 2.58 bits per heavy atom. The van der Waals surface area contributed by atoms with Crippen molar-refractivity contribution in [2.75, 3.05) is 33.4 Å². The number of nitrogens with zero attached hydrogens (tertiary/aromatic N) is 2. The second kappa shape index (κ2) is 12.8. The predicted molar refractivity (Wildman–Crippen MR) is 123 cm³/mol. The Morgan fingerprint density at radius 1 is 1.23 bits per heavy atom. The summed E-state index contributed by atoms with van der Waals surface area (Å²) in [5.74, 6) is 1.98. The van der Waals surface area contributed by atoms with Crippen LogP contribution in [-0.2, 0) is 4.74 Å². The van der Waals surface area contributed by atoms with Gasteiger partial charge in [-0.2, -0.15) is 0 Å². The van der Waals surface area contributed by atoms with E-state index in [2.05, 4.69) is 20.6 Å². The van der Waals surface area contributed by atoms with Crippen LogP contribution in [0.4, 0.5) is 0 Å². The number of carbonyl (C=O) groups is 1. The lowest BCUT2D eigenvalue weighted by molar-refractivity contribution is 0.0531. The highest BCUT2D eigenvalue weighted by Gasteiger charge is 2.20. The normalized spacial score (nSPS) is 12.2. The van der Waals surface area contributed by atoms with E-state index in [1.54, 1.807) is 14.0 Å². The fraction of sp³-hybridized carbons (Fsp3) is 0.500. The number of benzene rings is 1. The third-order valence-electron chi connectivity index (χ3n) is 4.24. The molecule has 0 spiro atoms. The first kappa shape index (κ1) is 24.5. The van der Waals surface area contributed by atoms with Crippen LogP contribution in [0.2, 0.25) is 0 Å². The molecule has 9 heteroatoms. The average molecular weight is 449 g/mol. The van der Waals surface area contributed by atoms with Crippen molar-refractivity contribution in [2.45, 2.75) is 40.2 Å². The second-order valence-corrected chi connectivity index (χ2v) is 7.72. The van der Waals surface area contributed by atoms with E-state index in [1.807, 2.05) is 45.0 Å². The van der Waals surface area contributed by atoms with E-state index >= 15 is 0 Å². The van der Waals surface area contributed by atoms with Crippen LogP contribution in [0.5, 0.6) is 11.5 Å². The van der Waals surface area contributed by atoms with Crippen LogP contribution in [-0.4, -0.2) is 50.3 Å². The Hall–Kier alpha value is -2.81. The van der Waals surface area contributed by atoms with E-state index in [4.69, 9.17) is 14.2 Å². The summed E-state index contributed by atoms with van der Waals surface area (Å²) in [6.07, 6.45) is 0.778. The molecule has 0 saturated carbocycles. The number of esters is 1.